The van der Waals surface area contributed by atoms with Crippen molar-refractivity contribution in [2.75, 3.05) is 18.4 Å². The molecular formula is C18H24N2. The van der Waals surface area contributed by atoms with Crippen LogP contribution in [-0.2, 0) is 0 Å². The van der Waals surface area contributed by atoms with Crippen LogP contribution >= 0.6 is 0 Å². The van der Waals surface area contributed by atoms with Gasteiger partial charge in [0.2, 0.25) is 0 Å². The van der Waals surface area contributed by atoms with Gasteiger partial charge in [0.15, 0.2) is 0 Å². The van der Waals surface area contributed by atoms with Crippen molar-refractivity contribution in [3.8, 4) is 0 Å². The van der Waals surface area contributed by atoms with Gasteiger partial charge in [0.25, 0.3) is 0 Å². The fraction of sp³-hybridized carbons (Fsp3) is 0.556. The molecule has 1 aromatic carbocycles. The SMILES string of the molecule is C=CCN1CCCC2C3Nc4ccccc4C3CCC21. The molecule has 1 aromatic rings. The molecule has 4 unspecified atom stereocenters. The molecule has 2 heterocycles. The number of likely N-dealkylation sites (tertiary alicyclic amines) is 1. The normalized spacial score (nSPS) is 35.6. The third-order valence-electron chi connectivity index (χ3n) is 5.66. The highest BCUT2D eigenvalue weighted by atomic mass is 15.2. The summed E-state index contributed by atoms with van der Waals surface area (Å²) in [5.74, 6) is 1.56. The summed E-state index contributed by atoms with van der Waals surface area (Å²) >= 11 is 0. The third kappa shape index (κ3) is 1.81. The lowest BCUT2D eigenvalue weighted by atomic mass is 9.69. The van der Waals surface area contributed by atoms with Gasteiger partial charge in [-0.05, 0) is 49.8 Å². The number of piperidine rings is 1. The van der Waals surface area contributed by atoms with Gasteiger partial charge < -0.3 is 5.32 Å². The van der Waals surface area contributed by atoms with Crippen LogP contribution in [0.1, 0.15) is 37.2 Å². The zero-order valence-corrected chi connectivity index (χ0v) is 12.1. The van der Waals surface area contributed by atoms with Gasteiger partial charge in [-0.2, -0.15) is 0 Å². The van der Waals surface area contributed by atoms with Crippen LogP contribution in [0.3, 0.4) is 0 Å². The molecular weight excluding hydrogens is 244 g/mol. The average molecular weight is 268 g/mol. The predicted molar refractivity (Wildman–Crippen MR) is 84.1 cm³/mol. The van der Waals surface area contributed by atoms with E-state index in [0.29, 0.717) is 6.04 Å². The summed E-state index contributed by atoms with van der Waals surface area (Å²) in [6, 6.07) is 10.4. The number of para-hydroxylation sites is 1. The summed E-state index contributed by atoms with van der Waals surface area (Å²) in [4.78, 5) is 2.67. The van der Waals surface area contributed by atoms with Crippen LogP contribution in [-0.4, -0.2) is 30.1 Å². The summed E-state index contributed by atoms with van der Waals surface area (Å²) in [6.07, 6.45) is 7.50. The Kier molecular flexibility index (Phi) is 3.07. The Morgan fingerprint density at radius 1 is 1.25 bits per heavy atom. The number of fused-ring (bicyclic) bond motifs is 5. The lowest BCUT2D eigenvalue weighted by Gasteiger charge is -2.48. The summed E-state index contributed by atoms with van der Waals surface area (Å²) in [6.45, 7) is 6.26. The second kappa shape index (κ2) is 4.92. The number of anilines is 1. The van der Waals surface area contributed by atoms with Gasteiger partial charge in [0.1, 0.15) is 0 Å². The van der Waals surface area contributed by atoms with Gasteiger partial charge in [-0.1, -0.05) is 24.3 Å². The molecule has 20 heavy (non-hydrogen) atoms. The Bertz CT molecular complexity index is 510. The van der Waals surface area contributed by atoms with Crippen LogP contribution in [0.5, 0.6) is 0 Å². The smallest absolute Gasteiger partial charge is 0.0378 e. The first kappa shape index (κ1) is 12.5. The molecule has 4 atom stereocenters. The molecule has 2 fully saturated rings. The zero-order valence-electron chi connectivity index (χ0n) is 12.1. The van der Waals surface area contributed by atoms with Crippen LogP contribution in [0.25, 0.3) is 0 Å². The van der Waals surface area contributed by atoms with E-state index in [2.05, 4.69) is 47.1 Å². The van der Waals surface area contributed by atoms with E-state index in [1.807, 2.05) is 0 Å². The number of nitrogens with one attached hydrogen (secondary N) is 1. The first-order valence-electron chi connectivity index (χ1n) is 8.09. The van der Waals surface area contributed by atoms with E-state index in [1.165, 1.54) is 37.9 Å². The van der Waals surface area contributed by atoms with Crippen molar-refractivity contribution in [2.24, 2.45) is 5.92 Å². The maximum Gasteiger partial charge on any atom is 0.0378 e. The van der Waals surface area contributed by atoms with Crippen molar-refractivity contribution in [3.05, 3.63) is 42.5 Å². The second-order valence-corrected chi connectivity index (χ2v) is 6.60. The highest BCUT2D eigenvalue weighted by molar-refractivity contribution is 5.60. The molecule has 2 heteroatoms. The molecule has 106 valence electrons. The first-order chi connectivity index (χ1) is 9.88. The molecule has 0 amide bonds. The van der Waals surface area contributed by atoms with Crippen LogP contribution in [0.15, 0.2) is 36.9 Å². The maximum atomic E-state index is 3.93. The molecule has 0 aromatic heterocycles. The van der Waals surface area contributed by atoms with Crippen molar-refractivity contribution in [1.82, 2.24) is 4.90 Å². The molecule has 0 bridgehead atoms. The number of hydrogen-bond donors (Lipinski definition) is 1. The molecule has 1 saturated heterocycles. The highest BCUT2D eigenvalue weighted by Crippen LogP contribution is 2.49. The minimum Gasteiger partial charge on any atom is -0.381 e. The average Bonchev–Trinajstić information content (AvgIpc) is 2.87. The van der Waals surface area contributed by atoms with Gasteiger partial charge >= 0.3 is 0 Å². The van der Waals surface area contributed by atoms with E-state index in [4.69, 9.17) is 0 Å². The largest absolute Gasteiger partial charge is 0.381 e. The van der Waals surface area contributed by atoms with Gasteiger partial charge in [0.05, 0.1) is 0 Å². The molecule has 0 spiro atoms. The quantitative estimate of drug-likeness (QED) is 0.824. The lowest BCUT2D eigenvalue weighted by molar-refractivity contribution is 0.0576. The topological polar surface area (TPSA) is 15.3 Å². The van der Waals surface area contributed by atoms with E-state index in [9.17, 15) is 0 Å². The summed E-state index contributed by atoms with van der Waals surface area (Å²) in [5.41, 5.74) is 2.96. The van der Waals surface area contributed by atoms with Gasteiger partial charge in [-0.15, -0.1) is 6.58 Å². The monoisotopic (exact) mass is 268 g/mol. The Morgan fingerprint density at radius 2 is 2.15 bits per heavy atom. The Morgan fingerprint density at radius 3 is 3.05 bits per heavy atom. The molecule has 1 N–H and O–H groups in total. The third-order valence-corrected chi connectivity index (χ3v) is 5.66. The minimum absolute atomic E-state index is 0.666. The van der Waals surface area contributed by atoms with Gasteiger partial charge in [-0.25, -0.2) is 0 Å². The summed E-state index contributed by atoms with van der Waals surface area (Å²) < 4.78 is 0. The summed E-state index contributed by atoms with van der Waals surface area (Å²) in [5, 5.41) is 3.85. The van der Waals surface area contributed by atoms with Crippen LogP contribution < -0.4 is 5.32 Å². The van der Waals surface area contributed by atoms with Crippen LogP contribution in [0.2, 0.25) is 0 Å². The number of nitrogens with zero attached hydrogens (tertiary/aromatic N) is 1. The van der Waals surface area contributed by atoms with Crippen molar-refractivity contribution in [3.63, 3.8) is 0 Å². The maximum absolute atomic E-state index is 3.93. The molecule has 2 nitrogen and oxygen atoms in total. The lowest BCUT2D eigenvalue weighted by Crippen LogP contribution is -2.53. The molecule has 0 radical (unpaired) electrons. The van der Waals surface area contributed by atoms with E-state index in [0.717, 1.165) is 24.4 Å². The first-order valence-corrected chi connectivity index (χ1v) is 8.09. The number of benzene rings is 1. The fourth-order valence-corrected chi connectivity index (χ4v) is 4.88. The van der Waals surface area contributed by atoms with Crippen molar-refractivity contribution >= 4 is 5.69 Å². The molecule has 1 saturated carbocycles. The minimum atomic E-state index is 0.666. The highest BCUT2D eigenvalue weighted by Gasteiger charge is 2.46. The van der Waals surface area contributed by atoms with Gasteiger partial charge in [-0.3, -0.25) is 4.90 Å². The van der Waals surface area contributed by atoms with E-state index in [-0.39, 0.29) is 0 Å². The van der Waals surface area contributed by atoms with Crippen molar-refractivity contribution in [2.45, 2.75) is 43.7 Å². The van der Waals surface area contributed by atoms with E-state index in [1.54, 1.807) is 5.56 Å². The van der Waals surface area contributed by atoms with E-state index >= 15 is 0 Å². The molecule has 4 rings (SSSR count). The summed E-state index contributed by atoms with van der Waals surface area (Å²) in [7, 11) is 0. The van der Waals surface area contributed by atoms with Crippen molar-refractivity contribution < 1.29 is 0 Å². The Balaban J connectivity index is 1.61. The molecule has 1 aliphatic carbocycles. The van der Waals surface area contributed by atoms with Crippen LogP contribution in [0.4, 0.5) is 5.69 Å². The Hall–Kier alpha value is -1.28. The Labute approximate surface area is 121 Å². The number of rotatable bonds is 2. The van der Waals surface area contributed by atoms with Crippen molar-refractivity contribution in [1.29, 1.82) is 0 Å². The molecule has 3 aliphatic rings. The molecule has 2 aliphatic heterocycles. The number of hydrogen-bond acceptors (Lipinski definition) is 2. The van der Waals surface area contributed by atoms with Crippen LogP contribution in [0, 0.1) is 5.92 Å². The van der Waals surface area contributed by atoms with E-state index < -0.39 is 0 Å². The predicted octanol–water partition coefficient (Wildman–Crippen LogP) is 3.62. The van der Waals surface area contributed by atoms with Gasteiger partial charge in [0, 0.05) is 30.2 Å². The standard InChI is InChI=1S/C18H24N2/c1-2-11-20-12-5-7-15-17(20)10-9-14-13-6-3-4-8-16(13)19-18(14)15/h2-4,6,8,14-15,17-19H,1,5,7,9-12H2. The second-order valence-electron chi connectivity index (χ2n) is 6.60. The zero-order chi connectivity index (χ0) is 13.5. The fourth-order valence-electron chi connectivity index (χ4n) is 4.88.